The number of anilines is 3. The molecule has 3 aromatic rings. The number of β-lactam (4-membered cyclic amide) rings is 1. The zero-order chi connectivity index (χ0) is 34.2. The number of hydrogen-bond donors (Lipinski definition) is 8. The summed E-state index contributed by atoms with van der Waals surface area (Å²) in [5, 5.41) is 46.2. The molecule has 0 radical (unpaired) electrons. The lowest BCUT2D eigenvalue weighted by Crippen LogP contribution is -2.71. The molecular weight excluding hydrogens is 679 g/mol. The molecule has 5 rings (SSSR count). The number of nitrogens with zero attached hydrogens (tertiary/aromatic N) is 5. The van der Waals surface area contributed by atoms with Gasteiger partial charge in [0.15, 0.2) is 27.5 Å². The van der Waals surface area contributed by atoms with Crippen LogP contribution in [-0.2, 0) is 24.0 Å². The average molecular weight is 704 g/mol. The maximum absolute atomic E-state index is 13.4. The first-order chi connectivity index (χ1) is 22.3. The number of nitrogens with two attached hydrogens (primary N) is 3. The number of rotatable bonds is 11. The van der Waals surface area contributed by atoms with E-state index in [0.717, 1.165) is 40.1 Å². The molecule has 11 N–H and O–H groups in total. The van der Waals surface area contributed by atoms with Crippen LogP contribution in [0.3, 0.4) is 0 Å². The molecule has 2 aliphatic rings. The SMILES string of the molecule is Cc1c(N)nc(SCC2=C(C(=O)O)N3C(=O)[C@@H](NC(=O)/C(=N/O[C@H](C(=O)O)c4ccc(O)c(O)c4)c4csc(N)n4)[C@H]3SC2)nc1N. The van der Waals surface area contributed by atoms with Gasteiger partial charge in [-0.2, -0.15) is 0 Å². The average Bonchev–Trinajstić information content (AvgIpc) is 3.45. The third-order valence-electron chi connectivity index (χ3n) is 6.87. The van der Waals surface area contributed by atoms with Crippen LogP contribution >= 0.6 is 34.9 Å². The predicted molar refractivity (Wildman–Crippen MR) is 170 cm³/mol. The van der Waals surface area contributed by atoms with Gasteiger partial charge < -0.3 is 47.8 Å². The first-order valence-corrected chi connectivity index (χ1v) is 16.1. The molecule has 21 heteroatoms. The van der Waals surface area contributed by atoms with Crippen molar-refractivity contribution >= 4 is 81.1 Å². The fourth-order valence-electron chi connectivity index (χ4n) is 4.41. The van der Waals surface area contributed by atoms with Crippen LogP contribution in [0.5, 0.6) is 11.5 Å². The van der Waals surface area contributed by atoms with Crippen molar-refractivity contribution in [2.24, 2.45) is 5.16 Å². The van der Waals surface area contributed by atoms with Crippen molar-refractivity contribution < 1.29 is 44.4 Å². The Morgan fingerprint density at radius 1 is 1.15 bits per heavy atom. The number of aromatic nitrogens is 3. The molecule has 47 heavy (non-hydrogen) atoms. The van der Waals surface area contributed by atoms with E-state index in [-0.39, 0.29) is 50.4 Å². The molecule has 1 saturated heterocycles. The molecule has 3 atom stereocenters. The van der Waals surface area contributed by atoms with E-state index in [1.165, 1.54) is 23.2 Å². The van der Waals surface area contributed by atoms with Crippen molar-refractivity contribution in [2.75, 3.05) is 28.7 Å². The highest BCUT2D eigenvalue weighted by Gasteiger charge is 2.54. The Bertz CT molecular complexity index is 1840. The molecule has 1 fully saturated rings. The highest BCUT2D eigenvalue weighted by molar-refractivity contribution is 8.01. The number of thioether (sulfide) groups is 2. The number of benzene rings is 1. The number of fused-ring (bicyclic) bond motifs is 1. The van der Waals surface area contributed by atoms with Crippen LogP contribution in [0.1, 0.15) is 22.9 Å². The molecule has 2 aliphatic heterocycles. The topological polar surface area (TPSA) is 303 Å². The Labute approximate surface area is 276 Å². The third kappa shape index (κ3) is 6.66. The van der Waals surface area contributed by atoms with E-state index in [0.29, 0.717) is 11.1 Å². The van der Waals surface area contributed by atoms with Crippen LogP contribution in [0.15, 0.2) is 45.2 Å². The lowest BCUT2D eigenvalue weighted by molar-refractivity contribution is -0.151. The second kappa shape index (κ2) is 13.2. The second-order valence-corrected chi connectivity index (χ2v) is 12.8. The number of aliphatic carboxylic acids is 2. The number of aromatic hydroxyl groups is 2. The fourth-order valence-corrected chi connectivity index (χ4v) is 7.30. The molecule has 2 aromatic heterocycles. The first kappa shape index (κ1) is 33.1. The van der Waals surface area contributed by atoms with Crippen LogP contribution in [-0.4, -0.2) is 92.7 Å². The van der Waals surface area contributed by atoms with E-state index in [1.807, 2.05) is 0 Å². The van der Waals surface area contributed by atoms with Gasteiger partial charge in [-0.25, -0.2) is 24.5 Å². The Morgan fingerprint density at radius 2 is 1.85 bits per heavy atom. The van der Waals surface area contributed by atoms with Crippen LogP contribution < -0.4 is 22.5 Å². The number of thiazole rings is 1. The van der Waals surface area contributed by atoms with E-state index in [2.05, 4.69) is 25.4 Å². The summed E-state index contributed by atoms with van der Waals surface area (Å²) < 4.78 is 0. The van der Waals surface area contributed by atoms with Crippen LogP contribution in [0.25, 0.3) is 0 Å². The number of carboxylic acid groups (broad SMARTS) is 2. The summed E-state index contributed by atoms with van der Waals surface area (Å²) in [7, 11) is 0. The van der Waals surface area contributed by atoms with Gasteiger partial charge in [-0.05, 0) is 24.6 Å². The van der Waals surface area contributed by atoms with Crippen molar-refractivity contribution in [1.82, 2.24) is 25.2 Å². The zero-order valence-electron chi connectivity index (χ0n) is 24.0. The van der Waals surface area contributed by atoms with Crippen LogP contribution in [0.2, 0.25) is 0 Å². The number of nitrogens with one attached hydrogen (secondary N) is 1. The van der Waals surface area contributed by atoms with Crippen molar-refractivity contribution in [1.29, 1.82) is 0 Å². The van der Waals surface area contributed by atoms with Crippen molar-refractivity contribution in [2.45, 2.75) is 29.6 Å². The maximum atomic E-state index is 13.4. The van der Waals surface area contributed by atoms with Crippen molar-refractivity contribution in [3.8, 4) is 11.5 Å². The minimum atomic E-state index is -1.83. The number of phenols is 2. The molecule has 2 amide bonds. The maximum Gasteiger partial charge on any atom is 0.352 e. The summed E-state index contributed by atoms with van der Waals surface area (Å²) in [5.74, 6) is -5.00. The molecule has 246 valence electrons. The van der Waals surface area contributed by atoms with Gasteiger partial charge in [0.2, 0.25) is 6.10 Å². The van der Waals surface area contributed by atoms with Gasteiger partial charge in [0.05, 0.1) is 0 Å². The standard InChI is InChI=1S/C26H25N9O9S3/c1-8-18(27)32-26(33-19(8)28)47-6-10-5-45-22-15(21(39)35(22)16(10)23(40)41)31-20(38)14(11-7-46-25(29)30-11)34-44-17(24(42)43)9-2-3-12(36)13(37)4-9/h2-4,7,15,17,22,36-37H,5-6H2,1H3,(H2,29,30)(H,31,38)(H,40,41)(H,42,43)(H4,27,28,32,33)/b34-14+/t15-,17+,22-/m1/s1. The fraction of sp³-hybridized carbons (Fsp3) is 0.231. The van der Waals surface area contributed by atoms with Crippen molar-refractivity contribution in [3.63, 3.8) is 0 Å². The quantitative estimate of drug-likeness (QED) is 0.0336. The monoisotopic (exact) mass is 703 g/mol. The lowest BCUT2D eigenvalue weighted by atomic mass is 10.0. The van der Waals surface area contributed by atoms with Gasteiger partial charge in [0.1, 0.15) is 34.4 Å². The number of carbonyl (C=O) groups excluding carboxylic acids is 2. The molecule has 4 heterocycles. The highest BCUT2D eigenvalue weighted by atomic mass is 32.2. The van der Waals surface area contributed by atoms with Crippen molar-refractivity contribution in [3.05, 3.63) is 51.7 Å². The molecular formula is C26H25N9O9S3. The smallest absolute Gasteiger partial charge is 0.352 e. The minimum absolute atomic E-state index is 0.0514. The number of oxime groups is 1. The van der Waals surface area contributed by atoms with E-state index in [9.17, 15) is 39.6 Å². The number of phenolic OH excluding ortho intramolecular Hbond substituents is 2. The molecule has 0 bridgehead atoms. The summed E-state index contributed by atoms with van der Waals surface area (Å²) >= 11 is 3.27. The zero-order valence-corrected chi connectivity index (χ0v) is 26.4. The van der Waals surface area contributed by atoms with Gasteiger partial charge in [-0.1, -0.05) is 23.0 Å². The summed E-state index contributed by atoms with van der Waals surface area (Å²) in [6.45, 7) is 1.66. The van der Waals surface area contributed by atoms with Gasteiger partial charge in [0, 0.05) is 28.0 Å². The Balaban J connectivity index is 1.35. The third-order valence-corrected chi connectivity index (χ3v) is 9.82. The van der Waals surface area contributed by atoms with E-state index < -0.39 is 58.5 Å². The summed E-state index contributed by atoms with van der Waals surface area (Å²) in [5.41, 5.74) is 17.4. The second-order valence-electron chi connectivity index (χ2n) is 9.89. The van der Waals surface area contributed by atoms with Crippen LogP contribution in [0, 0.1) is 6.92 Å². The Hall–Kier alpha value is -5.28. The number of carbonyl (C=O) groups is 4. The van der Waals surface area contributed by atoms with E-state index in [1.54, 1.807) is 6.92 Å². The lowest BCUT2D eigenvalue weighted by Gasteiger charge is -2.49. The Kier molecular flexibility index (Phi) is 9.31. The predicted octanol–water partition coefficient (Wildman–Crippen LogP) is 0.477. The minimum Gasteiger partial charge on any atom is -0.504 e. The van der Waals surface area contributed by atoms with E-state index in [4.69, 9.17) is 22.0 Å². The van der Waals surface area contributed by atoms with Gasteiger partial charge in [-0.15, -0.1) is 23.1 Å². The van der Waals surface area contributed by atoms with Gasteiger partial charge >= 0.3 is 11.9 Å². The molecule has 0 unspecified atom stereocenters. The molecule has 0 saturated carbocycles. The number of nitrogen functional groups attached to an aromatic ring is 3. The molecule has 0 aliphatic carbocycles. The number of hydrogen-bond acceptors (Lipinski definition) is 17. The summed E-state index contributed by atoms with van der Waals surface area (Å²) in [6, 6.07) is 1.99. The molecule has 18 nitrogen and oxygen atoms in total. The number of amides is 2. The highest BCUT2D eigenvalue weighted by Crippen LogP contribution is 2.41. The molecule has 1 aromatic carbocycles. The van der Waals surface area contributed by atoms with Crippen LogP contribution in [0.4, 0.5) is 16.8 Å². The largest absolute Gasteiger partial charge is 0.504 e. The molecule has 0 spiro atoms. The number of carboxylic acids is 2. The first-order valence-electron chi connectivity index (χ1n) is 13.2. The van der Waals surface area contributed by atoms with Gasteiger partial charge in [-0.3, -0.25) is 14.5 Å². The summed E-state index contributed by atoms with van der Waals surface area (Å²) in [6.07, 6.45) is -1.83. The van der Waals surface area contributed by atoms with E-state index >= 15 is 0 Å². The Morgan fingerprint density at radius 3 is 2.45 bits per heavy atom. The summed E-state index contributed by atoms with van der Waals surface area (Å²) in [4.78, 5) is 69.5. The van der Waals surface area contributed by atoms with Gasteiger partial charge in [0.25, 0.3) is 11.8 Å². The normalized spacial score (nSPS) is 18.3.